The molecule has 102 valence electrons. The summed E-state index contributed by atoms with van der Waals surface area (Å²) in [5.41, 5.74) is 6.04. The van der Waals surface area contributed by atoms with Crippen LogP contribution in [0.2, 0.25) is 0 Å². The molecule has 0 atom stereocenters. The number of anilines is 1. The van der Waals surface area contributed by atoms with E-state index in [1.54, 1.807) is 23.7 Å². The number of hydrogen-bond donors (Lipinski definition) is 1. The zero-order valence-electron chi connectivity index (χ0n) is 10.9. The van der Waals surface area contributed by atoms with Crippen LogP contribution in [-0.4, -0.2) is 32.1 Å². The van der Waals surface area contributed by atoms with Gasteiger partial charge in [-0.1, -0.05) is 0 Å². The summed E-state index contributed by atoms with van der Waals surface area (Å²) in [5, 5.41) is 0. The van der Waals surface area contributed by atoms with E-state index in [0.29, 0.717) is 25.1 Å². The Bertz CT molecular complexity index is 362. The first-order valence-corrected chi connectivity index (χ1v) is 7.37. The first-order chi connectivity index (χ1) is 8.60. The first kappa shape index (κ1) is 15.2. The van der Waals surface area contributed by atoms with Crippen molar-refractivity contribution in [3.63, 3.8) is 0 Å². The average Bonchev–Trinajstić information content (AvgIpc) is 2.28. The SMILES string of the molecule is CSCCCN(C)c1c(F)cc(CCN)cc1F. The normalized spacial score (nSPS) is 10.7. The van der Waals surface area contributed by atoms with Gasteiger partial charge in [-0.3, -0.25) is 0 Å². The molecule has 0 aromatic heterocycles. The summed E-state index contributed by atoms with van der Waals surface area (Å²) in [7, 11) is 1.71. The molecule has 1 aromatic carbocycles. The summed E-state index contributed by atoms with van der Waals surface area (Å²) >= 11 is 1.73. The van der Waals surface area contributed by atoms with Gasteiger partial charge in [0.2, 0.25) is 0 Å². The Kier molecular flexibility index (Phi) is 6.43. The van der Waals surface area contributed by atoms with Crippen molar-refractivity contribution >= 4 is 17.4 Å². The zero-order valence-corrected chi connectivity index (χ0v) is 11.7. The molecule has 18 heavy (non-hydrogen) atoms. The standard InChI is InChI=1S/C13H20F2N2S/c1-17(6-3-7-18-2)13-11(14)8-10(4-5-16)9-12(13)15/h8-9H,3-7,16H2,1-2H3. The molecule has 0 spiro atoms. The Morgan fingerprint density at radius 2 is 1.89 bits per heavy atom. The van der Waals surface area contributed by atoms with Crippen LogP contribution in [0.1, 0.15) is 12.0 Å². The Balaban J connectivity index is 2.81. The first-order valence-electron chi connectivity index (χ1n) is 5.98. The van der Waals surface area contributed by atoms with Crippen molar-refractivity contribution < 1.29 is 8.78 Å². The highest BCUT2D eigenvalue weighted by Gasteiger charge is 2.14. The molecule has 1 rings (SSSR count). The fourth-order valence-electron chi connectivity index (χ4n) is 1.85. The van der Waals surface area contributed by atoms with Crippen molar-refractivity contribution in [2.75, 3.05) is 37.0 Å². The van der Waals surface area contributed by atoms with E-state index in [2.05, 4.69) is 0 Å². The highest BCUT2D eigenvalue weighted by Crippen LogP contribution is 2.24. The summed E-state index contributed by atoms with van der Waals surface area (Å²) in [5.74, 6) is -0.0334. The smallest absolute Gasteiger partial charge is 0.149 e. The van der Waals surface area contributed by atoms with Crippen molar-refractivity contribution in [3.05, 3.63) is 29.3 Å². The van der Waals surface area contributed by atoms with Gasteiger partial charge in [-0.25, -0.2) is 8.78 Å². The van der Waals surface area contributed by atoms with Crippen molar-refractivity contribution in [3.8, 4) is 0 Å². The summed E-state index contributed by atoms with van der Waals surface area (Å²) in [4.78, 5) is 1.63. The van der Waals surface area contributed by atoms with E-state index in [1.807, 2.05) is 6.26 Å². The van der Waals surface area contributed by atoms with Crippen LogP contribution in [-0.2, 0) is 6.42 Å². The maximum absolute atomic E-state index is 13.9. The lowest BCUT2D eigenvalue weighted by Gasteiger charge is -2.21. The van der Waals surface area contributed by atoms with Crippen LogP contribution in [0, 0.1) is 11.6 Å². The Labute approximate surface area is 112 Å². The molecule has 0 aliphatic rings. The molecule has 0 unspecified atom stereocenters. The quantitative estimate of drug-likeness (QED) is 0.775. The lowest BCUT2D eigenvalue weighted by Crippen LogP contribution is -2.22. The summed E-state index contributed by atoms with van der Waals surface area (Å²) in [6, 6.07) is 2.74. The van der Waals surface area contributed by atoms with Gasteiger partial charge in [-0.2, -0.15) is 11.8 Å². The second-order valence-electron chi connectivity index (χ2n) is 4.21. The van der Waals surface area contributed by atoms with Gasteiger partial charge < -0.3 is 10.6 Å². The lowest BCUT2D eigenvalue weighted by atomic mass is 10.1. The van der Waals surface area contributed by atoms with Gasteiger partial charge in [0.15, 0.2) is 0 Å². The molecular weight excluding hydrogens is 254 g/mol. The minimum absolute atomic E-state index is 0.0527. The molecule has 0 radical (unpaired) electrons. The number of nitrogens with two attached hydrogens (primary N) is 1. The average molecular weight is 274 g/mol. The minimum atomic E-state index is -0.509. The van der Waals surface area contributed by atoms with Gasteiger partial charge in [0.1, 0.15) is 17.3 Å². The molecule has 0 saturated carbocycles. The second kappa shape index (κ2) is 7.59. The van der Waals surface area contributed by atoms with Gasteiger partial charge in [0.05, 0.1) is 0 Å². The minimum Gasteiger partial charge on any atom is -0.370 e. The van der Waals surface area contributed by atoms with E-state index >= 15 is 0 Å². The molecule has 2 nitrogen and oxygen atoms in total. The van der Waals surface area contributed by atoms with Gasteiger partial charge in [0, 0.05) is 13.6 Å². The van der Waals surface area contributed by atoms with Crippen LogP contribution < -0.4 is 10.6 Å². The molecule has 2 N–H and O–H groups in total. The third-order valence-electron chi connectivity index (χ3n) is 2.73. The van der Waals surface area contributed by atoms with Gasteiger partial charge in [0.25, 0.3) is 0 Å². The highest BCUT2D eigenvalue weighted by atomic mass is 32.2. The molecule has 0 heterocycles. The summed E-state index contributed by atoms with van der Waals surface area (Å²) in [6.45, 7) is 1.03. The van der Waals surface area contributed by atoms with E-state index in [0.717, 1.165) is 12.2 Å². The number of thioether (sulfide) groups is 1. The van der Waals surface area contributed by atoms with Crippen LogP contribution in [0.25, 0.3) is 0 Å². The number of halogens is 2. The zero-order chi connectivity index (χ0) is 13.5. The summed E-state index contributed by atoms with van der Waals surface area (Å²) in [6.07, 6.45) is 3.41. The third kappa shape index (κ3) is 4.14. The van der Waals surface area contributed by atoms with Crippen LogP contribution in [0.4, 0.5) is 14.5 Å². The van der Waals surface area contributed by atoms with E-state index < -0.39 is 11.6 Å². The molecule has 0 aliphatic heterocycles. The monoisotopic (exact) mass is 274 g/mol. The second-order valence-corrected chi connectivity index (χ2v) is 5.20. The van der Waals surface area contributed by atoms with Crippen LogP contribution in [0.5, 0.6) is 0 Å². The molecule has 1 aromatic rings. The van der Waals surface area contributed by atoms with Crippen LogP contribution >= 0.6 is 11.8 Å². The van der Waals surface area contributed by atoms with E-state index in [1.165, 1.54) is 12.1 Å². The largest absolute Gasteiger partial charge is 0.370 e. The Morgan fingerprint density at radius 3 is 2.39 bits per heavy atom. The predicted octanol–water partition coefficient (Wildman–Crippen LogP) is 2.66. The van der Waals surface area contributed by atoms with Crippen molar-refractivity contribution in [2.45, 2.75) is 12.8 Å². The van der Waals surface area contributed by atoms with E-state index in [4.69, 9.17) is 5.73 Å². The maximum atomic E-state index is 13.9. The van der Waals surface area contributed by atoms with Crippen molar-refractivity contribution in [2.24, 2.45) is 5.73 Å². The van der Waals surface area contributed by atoms with E-state index in [-0.39, 0.29) is 5.69 Å². The number of hydrogen-bond acceptors (Lipinski definition) is 3. The molecule has 5 heteroatoms. The summed E-state index contributed by atoms with van der Waals surface area (Å²) < 4.78 is 27.7. The van der Waals surface area contributed by atoms with Crippen molar-refractivity contribution in [1.29, 1.82) is 0 Å². The number of benzene rings is 1. The molecule has 0 aliphatic carbocycles. The van der Waals surface area contributed by atoms with Gasteiger partial charge in [-0.05, 0) is 49.1 Å². The fourth-order valence-corrected chi connectivity index (χ4v) is 2.27. The molecule has 0 saturated heterocycles. The van der Waals surface area contributed by atoms with Gasteiger partial charge >= 0.3 is 0 Å². The predicted molar refractivity (Wildman–Crippen MR) is 75.4 cm³/mol. The Hall–Kier alpha value is -0.810. The van der Waals surface area contributed by atoms with Crippen LogP contribution in [0.15, 0.2) is 12.1 Å². The van der Waals surface area contributed by atoms with Gasteiger partial charge in [-0.15, -0.1) is 0 Å². The lowest BCUT2D eigenvalue weighted by molar-refractivity contribution is 0.573. The molecule has 0 fully saturated rings. The third-order valence-corrected chi connectivity index (χ3v) is 3.43. The van der Waals surface area contributed by atoms with Crippen molar-refractivity contribution in [1.82, 2.24) is 0 Å². The molecule has 0 bridgehead atoms. The molecule has 0 amide bonds. The Morgan fingerprint density at radius 1 is 1.28 bits per heavy atom. The van der Waals surface area contributed by atoms with E-state index in [9.17, 15) is 8.78 Å². The number of nitrogens with zero attached hydrogens (tertiary/aromatic N) is 1. The maximum Gasteiger partial charge on any atom is 0.149 e. The highest BCUT2D eigenvalue weighted by molar-refractivity contribution is 7.98. The number of rotatable bonds is 7. The topological polar surface area (TPSA) is 29.3 Å². The molecular formula is C13H20F2N2S. The fraction of sp³-hybridized carbons (Fsp3) is 0.538. The van der Waals surface area contributed by atoms with Crippen LogP contribution in [0.3, 0.4) is 0 Å².